The number of non-ortho nitro benzene ring substituents is 1. The summed E-state index contributed by atoms with van der Waals surface area (Å²) in [6, 6.07) is 18.2. The van der Waals surface area contributed by atoms with Gasteiger partial charge in [-0.15, -0.1) is 0 Å². The van der Waals surface area contributed by atoms with E-state index in [0.29, 0.717) is 29.0 Å². The highest BCUT2D eigenvalue weighted by Crippen LogP contribution is 2.30. The number of ether oxygens (including phenoxy) is 2. The molecule has 3 aromatic heterocycles. The van der Waals surface area contributed by atoms with E-state index in [0.717, 1.165) is 28.2 Å². The lowest BCUT2D eigenvalue weighted by Crippen LogP contribution is -1.98. The van der Waals surface area contributed by atoms with Crippen molar-refractivity contribution in [2.24, 2.45) is 0 Å². The van der Waals surface area contributed by atoms with Gasteiger partial charge in [-0.1, -0.05) is 18.2 Å². The molecule has 0 saturated carbocycles. The van der Waals surface area contributed by atoms with Crippen molar-refractivity contribution in [2.45, 2.75) is 6.61 Å². The third-order valence-electron chi connectivity index (χ3n) is 5.72. The smallest absolute Gasteiger partial charge is 0.279 e. The minimum absolute atomic E-state index is 0.0636. The molecule has 0 aliphatic heterocycles. The first-order valence-electron chi connectivity index (χ1n) is 11.5. The first-order chi connectivity index (χ1) is 18.1. The average molecular weight is 494 g/mol. The predicted molar refractivity (Wildman–Crippen MR) is 143 cm³/mol. The number of rotatable bonds is 9. The topological polar surface area (TPSA) is 119 Å². The molecule has 0 spiro atoms. The zero-order valence-corrected chi connectivity index (χ0v) is 19.9. The van der Waals surface area contributed by atoms with Gasteiger partial charge in [0.1, 0.15) is 18.1 Å². The molecule has 3 heterocycles. The number of nitro groups is 1. The molecule has 0 saturated heterocycles. The maximum absolute atomic E-state index is 11.4. The standard InChI is InChI=1S/C28H23N5O4/c1-36-27-16-24(37-18-23-5-2-3-14-29-23)13-10-19(27)8-11-21-15-22(32-31-21)12-9-20-17-30-25-6-4-7-26(28(20)25)33(34)35/h2-17,30H,18H2,1H3,(H,31,32)/b11-8+,12-9+. The molecule has 9 nitrogen and oxygen atoms in total. The Morgan fingerprint density at radius 3 is 2.70 bits per heavy atom. The summed E-state index contributed by atoms with van der Waals surface area (Å²) >= 11 is 0. The van der Waals surface area contributed by atoms with Gasteiger partial charge in [-0.2, -0.15) is 5.10 Å². The van der Waals surface area contributed by atoms with Crippen LogP contribution in [0.2, 0.25) is 0 Å². The van der Waals surface area contributed by atoms with Crippen LogP contribution in [0.3, 0.4) is 0 Å². The monoisotopic (exact) mass is 493 g/mol. The Morgan fingerprint density at radius 2 is 1.89 bits per heavy atom. The van der Waals surface area contributed by atoms with E-state index in [2.05, 4.69) is 20.2 Å². The van der Waals surface area contributed by atoms with Crippen LogP contribution in [0, 0.1) is 10.1 Å². The van der Waals surface area contributed by atoms with Crippen LogP contribution in [0.25, 0.3) is 35.2 Å². The van der Waals surface area contributed by atoms with E-state index in [1.54, 1.807) is 25.6 Å². The fraction of sp³-hybridized carbons (Fsp3) is 0.0714. The summed E-state index contributed by atoms with van der Waals surface area (Å²) in [5.74, 6) is 1.36. The van der Waals surface area contributed by atoms with Crippen molar-refractivity contribution in [2.75, 3.05) is 7.11 Å². The number of methoxy groups -OCH3 is 1. The van der Waals surface area contributed by atoms with Crippen LogP contribution < -0.4 is 9.47 Å². The molecule has 0 fully saturated rings. The van der Waals surface area contributed by atoms with Crippen molar-refractivity contribution < 1.29 is 14.4 Å². The van der Waals surface area contributed by atoms with Crippen LogP contribution in [-0.2, 0) is 6.61 Å². The van der Waals surface area contributed by atoms with Crippen molar-refractivity contribution in [3.8, 4) is 11.5 Å². The Bertz CT molecular complexity index is 1600. The molecule has 0 unspecified atom stereocenters. The molecule has 0 atom stereocenters. The average Bonchev–Trinajstić information content (AvgIpc) is 3.57. The molecule has 2 aromatic carbocycles. The first-order valence-corrected chi connectivity index (χ1v) is 11.5. The Balaban J connectivity index is 1.28. The Morgan fingerprint density at radius 1 is 1.00 bits per heavy atom. The first kappa shape index (κ1) is 23.6. The number of H-pyrrole nitrogens is 2. The van der Waals surface area contributed by atoms with Gasteiger partial charge in [-0.3, -0.25) is 20.2 Å². The van der Waals surface area contributed by atoms with Crippen molar-refractivity contribution in [1.82, 2.24) is 20.2 Å². The van der Waals surface area contributed by atoms with Crippen LogP contribution in [0.4, 0.5) is 5.69 Å². The second-order valence-electron chi connectivity index (χ2n) is 8.13. The lowest BCUT2D eigenvalue weighted by molar-refractivity contribution is -0.383. The molecule has 0 aliphatic carbocycles. The van der Waals surface area contributed by atoms with Crippen LogP contribution in [0.15, 0.2) is 73.1 Å². The molecule has 0 amide bonds. The van der Waals surface area contributed by atoms with Crippen molar-refractivity contribution in [3.63, 3.8) is 0 Å². The highest BCUT2D eigenvalue weighted by Gasteiger charge is 2.15. The van der Waals surface area contributed by atoms with Gasteiger partial charge >= 0.3 is 0 Å². The minimum Gasteiger partial charge on any atom is -0.496 e. The number of aromatic amines is 2. The fourth-order valence-electron chi connectivity index (χ4n) is 3.91. The van der Waals surface area contributed by atoms with Gasteiger partial charge in [0.2, 0.25) is 0 Å². The number of nitrogens with one attached hydrogen (secondary N) is 2. The minimum atomic E-state index is -0.375. The number of hydrogen-bond acceptors (Lipinski definition) is 6. The van der Waals surface area contributed by atoms with Crippen molar-refractivity contribution >= 4 is 40.9 Å². The molecular formula is C28H23N5O4. The van der Waals surface area contributed by atoms with Gasteiger partial charge < -0.3 is 14.5 Å². The number of hydrogen-bond donors (Lipinski definition) is 2. The molecule has 5 aromatic rings. The van der Waals surface area contributed by atoms with Crippen LogP contribution in [0.1, 0.15) is 28.2 Å². The molecule has 9 heteroatoms. The summed E-state index contributed by atoms with van der Waals surface area (Å²) in [7, 11) is 1.61. The van der Waals surface area contributed by atoms with Gasteiger partial charge in [0.05, 0.1) is 40.0 Å². The molecule has 2 N–H and O–H groups in total. The van der Waals surface area contributed by atoms with E-state index in [-0.39, 0.29) is 10.6 Å². The third kappa shape index (κ3) is 5.40. The summed E-state index contributed by atoms with van der Waals surface area (Å²) in [6.45, 7) is 0.370. The largest absolute Gasteiger partial charge is 0.496 e. The van der Waals surface area contributed by atoms with Crippen LogP contribution in [0.5, 0.6) is 11.5 Å². The molecule has 0 aliphatic rings. The van der Waals surface area contributed by atoms with E-state index in [4.69, 9.17) is 9.47 Å². The number of fused-ring (bicyclic) bond motifs is 1. The summed E-state index contributed by atoms with van der Waals surface area (Å²) in [5.41, 5.74) is 4.71. The Hall–Kier alpha value is -5.18. The molecule has 0 bridgehead atoms. The van der Waals surface area contributed by atoms with Gasteiger partial charge in [0.15, 0.2) is 0 Å². The molecule has 5 rings (SSSR count). The van der Waals surface area contributed by atoms with Gasteiger partial charge in [0, 0.05) is 35.7 Å². The summed E-state index contributed by atoms with van der Waals surface area (Å²) < 4.78 is 11.4. The maximum Gasteiger partial charge on any atom is 0.279 e. The van der Waals surface area contributed by atoms with Crippen molar-refractivity contribution in [3.05, 3.63) is 111 Å². The summed E-state index contributed by atoms with van der Waals surface area (Å²) in [5, 5.41) is 19.3. The molecule has 0 radical (unpaired) electrons. The zero-order chi connectivity index (χ0) is 25.6. The number of pyridine rings is 1. The van der Waals surface area contributed by atoms with E-state index < -0.39 is 0 Å². The number of nitro benzene ring substituents is 1. The molecule has 184 valence electrons. The number of aromatic nitrogens is 4. The lowest BCUT2D eigenvalue weighted by atomic mass is 10.1. The number of nitrogens with zero attached hydrogens (tertiary/aromatic N) is 3. The second kappa shape index (κ2) is 10.6. The highest BCUT2D eigenvalue weighted by atomic mass is 16.6. The highest BCUT2D eigenvalue weighted by molar-refractivity contribution is 5.97. The zero-order valence-electron chi connectivity index (χ0n) is 19.9. The lowest BCUT2D eigenvalue weighted by Gasteiger charge is -2.09. The van der Waals surface area contributed by atoms with E-state index >= 15 is 0 Å². The van der Waals surface area contributed by atoms with Crippen molar-refractivity contribution in [1.29, 1.82) is 0 Å². The summed E-state index contributed by atoms with van der Waals surface area (Å²) in [6.07, 6.45) is 10.9. The Labute approximate surface area is 212 Å². The summed E-state index contributed by atoms with van der Waals surface area (Å²) in [4.78, 5) is 18.4. The van der Waals surface area contributed by atoms with E-state index in [1.165, 1.54) is 6.07 Å². The third-order valence-corrected chi connectivity index (χ3v) is 5.72. The van der Waals surface area contributed by atoms with Crippen LogP contribution in [-0.4, -0.2) is 32.2 Å². The fourth-order valence-corrected chi connectivity index (χ4v) is 3.91. The van der Waals surface area contributed by atoms with Gasteiger partial charge in [0.25, 0.3) is 5.69 Å². The maximum atomic E-state index is 11.4. The quantitative estimate of drug-likeness (QED) is 0.189. The number of benzene rings is 2. The van der Waals surface area contributed by atoms with E-state index in [1.807, 2.05) is 72.8 Å². The predicted octanol–water partition coefficient (Wildman–Crippen LogP) is 6.12. The Kier molecular flexibility index (Phi) is 6.76. The van der Waals surface area contributed by atoms with Gasteiger partial charge in [-0.25, -0.2) is 0 Å². The van der Waals surface area contributed by atoms with E-state index in [9.17, 15) is 10.1 Å². The normalized spacial score (nSPS) is 11.5. The SMILES string of the molecule is COc1cc(OCc2ccccn2)ccc1/C=C/c1cc(/C=C/c2c[nH]c3cccc([N+](=O)[O-])c23)[nH]n1. The second-order valence-corrected chi connectivity index (χ2v) is 8.13. The molecule has 37 heavy (non-hydrogen) atoms. The van der Waals surface area contributed by atoms with Crippen LogP contribution >= 0.6 is 0 Å². The van der Waals surface area contributed by atoms with Gasteiger partial charge in [-0.05, 0) is 54.6 Å². The molecular weight excluding hydrogens is 470 g/mol.